The number of methoxy groups -OCH3 is 1. The fourth-order valence-electron chi connectivity index (χ4n) is 2.70. The standard InChI is InChI=1S/C18H23NO2/c1-3-4-5-8-12-18(13-9-14-19-18)17(20)15-10-6-7-11-16(15)21-2/h6-7,9-11,13-14H,3-5,8,12H2,1-2H3. The number of carbonyl (C=O) groups is 1. The van der Waals surface area contributed by atoms with E-state index < -0.39 is 5.54 Å². The second-order valence-electron chi connectivity index (χ2n) is 5.40. The van der Waals surface area contributed by atoms with Crippen molar-refractivity contribution in [3.05, 3.63) is 42.0 Å². The quantitative estimate of drug-likeness (QED) is 0.529. The maximum absolute atomic E-state index is 13.0. The minimum absolute atomic E-state index is 0.0291. The van der Waals surface area contributed by atoms with Gasteiger partial charge in [-0.15, -0.1) is 0 Å². The van der Waals surface area contributed by atoms with Gasteiger partial charge < -0.3 is 4.74 Å². The third-order valence-corrected chi connectivity index (χ3v) is 3.92. The molecule has 3 nitrogen and oxygen atoms in total. The molecule has 0 spiro atoms. The van der Waals surface area contributed by atoms with Gasteiger partial charge in [0.25, 0.3) is 0 Å². The summed E-state index contributed by atoms with van der Waals surface area (Å²) in [5.41, 5.74) is -0.123. The number of Topliss-reactive ketones (excluding diaryl/α,β-unsaturated/α-hetero) is 1. The summed E-state index contributed by atoms with van der Waals surface area (Å²) in [6.45, 7) is 2.18. The minimum Gasteiger partial charge on any atom is -0.496 e. The van der Waals surface area contributed by atoms with Crippen LogP contribution in [0.15, 0.2) is 41.4 Å². The van der Waals surface area contributed by atoms with Crippen molar-refractivity contribution in [2.45, 2.75) is 44.6 Å². The lowest BCUT2D eigenvalue weighted by Crippen LogP contribution is -2.33. The maximum Gasteiger partial charge on any atom is 0.197 e. The number of carbonyl (C=O) groups excluding carboxylic acids is 1. The van der Waals surface area contributed by atoms with Crippen molar-refractivity contribution in [1.82, 2.24) is 0 Å². The van der Waals surface area contributed by atoms with E-state index in [2.05, 4.69) is 11.9 Å². The molecule has 1 aromatic carbocycles. The molecule has 0 N–H and O–H groups in total. The van der Waals surface area contributed by atoms with Crippen LogP contribution in [-0.2, 0) is 0 Å². The Balaban J connectivity index is 2.20. The van der Waals surface area contributed by atoms with Gasteiger partial charge in [-0.25, -0.2) is 0 Å². The normalized spacial score (nSPS) is 19.9. The largest absolute Gasteiger partial charge is 0.496 e. The molecule has 2 rings (SSSR count). The van der Waals surface area contributed by atoms with Gasteiger partial charge in [0.1, 0.15) is 11.3 Å². The molecule has 0 saturated heterocycles. The van der Waals surface area contributed by atoms with Crippen LogP contribution >= 0.6 is 0 Å². The molecule has 1 aliphatic rings. The average Bonchev–Trinajstić information content (AvgIpc) is 3.01. The van der Waals surface area contributed by atoms with E-state index in [-0.39, 0.29) is 5.78 Å². The van der Waals surface area contributed by atoms with Gasteiger partial charge in [-0.2, -0.15) is 0 Å². The molecule has 1 aliphatic heterocycles. The number of unbranched alkanes of at least 4 members (excludes halogenated alkanes) is 3. The maximum atomic E-state index is 13.0. The molecule has 0 aromatic heterocycles. The molecule has 1 unspecified atom stereocenters. The number of hydrogen-bond acceptors (Lipinski definition) is 3. The van der Waals surface area contributed by atoms with Crippen LogP contribution in [0.3, 0.4) is 0 Å². The first-order valence-corrected chi connectivity index (χ1v) is 7.64. The zero-order valence-corrected chi connectivity index (χ0v) is 12.8. The summed E-state index contributed by atoms with van der Waals surface area (Å²) in [5, 5.41) is 0. The molecular formula is C18H23NO2. The molecule has 3 heteroatoms. The Hall–Kier alpha value is -1.90. The molecule has 0 bridgehead atoms. The van der Waals surface area contributed by atoms with Crippen molar-refractivity contribution in [1.29, 1.82) is 0 Å². The fourth-order valence-corrected chi connectivity index (χ4v) is 2.70. The molecule has 0 amide bonds. The summed E-state index contributed by atoms with van der Waals surface area (Å²) < 4.78 is 5.32. The molecular weight excluding hydrogens is 262 g/mol. The van der Waals surface area contributed by atoms with Crippen LogP contribution in [0.1, 0.15) is 49.4 Å². The molecule has 0 aliphatic carbocycles. The lowest BCUT2D eigenvalue weighted by molar-refractivity contribution is 0.0913. The lowest BCUT2D eigenvalue weighted by atomic mass is 9.85. The van der Waals surface area contributed by atoms with Crippen molar-refractivity contribution < 1.29 is 9.53 Å². The third kappa shape index (κ3) is 3.41. The first kappa shape index (κ1) is 15.5. The van der Waals surface area contributed by atoms with Gasteiger partial charge in [0.05, 0.1) is 12.7 Å². The van der Waals surface area contributed by atoms with Crippen molar-refractivity contribution in [3.63, 3.8) is 0 Å². The zero-order chi connectivity index (χ0) is 15.1. The molecule has 0 radical (unpaired) electrons. The van der Waals surface area contributed by atoms with E-state index in [1.54, 1.807) is 13.3 Å². The van der Waals surface area contributed by atoms with E-state index >= 15 is 0 Å². The number of nitrogens with zero attached hydrogens (tertiary/aromatic N) is 1. The second kappa shape index (κ2) is 7.21. The Kier molecular flexibility index (Phi) is 5.32. The van der Waals surface area contributed by atoms with Crippen molar-refractivity contribution >= 4 is 12.0 Å². The SMILES string of the molecule is CCCCCCC1(C(=O)c2ccccc2OC)C=CC=N1. The predicted molar refractivity (Wildman–Crippen MR) is 86.4 cm³/mol. The van der Waals surface area contributed by atoms with Crippen LogP contribution in [0.2, 0.25) is 0 Å². The second-order valence-corrected chi connectivity index (χ2v) is 5.40. The van der Waals surface area contributed by atoms with Crippen LogP contribution in [0.4, 0.5) is 0 Å². The van der Waals surface area contributed by atoms with E-state index in [1.165, 1.54) is 12.8 Å². The van der Waals surface area contributed by atoms with Gasteiger partial charge in [0, 0.05) is 6.21 Å². The van der Waals surface area contributed by atoms with Crippen LogP contribution in [-0.4, -0.2) is 24.6 Å². The highest BCUT2D eigenvalue weighted by molar-refractivity contribution is 6.08. The number of aliphatic imine (C=N–C) groups is 1. The Labute approximate surface area is 126 Å². The first-order valence-electron chi connectivity index (χ1n) is 7.64. The smallest absolute Gasteiger partial charge is 0.197 e. The number of rotatable bonds is 8. The van der Waals surface area contributed by atoms with Gasteiger partial charge >= 0.3 is 0 Å². The first-order chi connectivity index (χ1) is 10.2. The van der Waals surface area contributed by atoms with Crippen LogP contribution in [0.25, 0.3) is 0 Å². The summed E-state index contributed by atoms with van der Waals surface area (Å²) in [4.78, 5) is 17.4. The number of hydrogen-bond donors (Lipinski definition) is 0. The number of benzene rings is 1. The Morgan fingerprint density at radius 3 is 2.71 bits per heavy atom. The van der Waals surface area contributed by atoms with Gasteiger partial charge in [-0.3, -0.25) is 9.79 Å². The average molecular weight is 285 g/mol. The van der Waals surface area contributed by atoms with Gasteiger partial charge in [0.2, 0.25) is 0 Å². The molecule has 21 heavy (non-hydrogen) atoms. The zero-order valence-electron chi connectivity index (χ0n) is 12.8. The summed E-state index contributed by atoms with van der Waals surface area (Å²) in [6.07, 6.45) is 10.8. The summed E-state index contributed by atoms with van der Waals surface area (Å²) in [5.74, 6) is 0.646. The number of allylic oxidation sites excluding steroid dienone is 1. The van der Waals surface area contributed by atoms with Crippen molar-refractivity contribution in [3.8, 4) is 5.75 Å². The minimum atomic E-state index is -0.734. The van der Waals surface area contributed by atoms with E-state index in [0.29, 0.717) is 11.3 Å². The van der Waals surface area contributed by atoms with Crippen LogP contribution in [0, 0.1) is 0 Å². The summed E-state index contributed by atoms with van der Waals surface area (Å²) >= 11 is 0. The highest BCUT2D eigenvalue weighted by Gasteiger charge is 2.37. The van der Waals surface area contributed by atoms with Crippen LogP contribution < -0.4 is 4.74 Å². The predicted octanol–water partition coefficient (Wildman–Crippen LogP) is 4.23. The Bertz CT molecular complexity index is 534. The van der Waals surface area contributed by atoms with Gasteiger partial charge in [-0.05, 0) is 30.7 Å². The fraction of sp³-hybridized carbons (Fsp3) is 0.444. The molecule has 0 fully saturated rings. The van der Waals surface area contributed by atoms with Gasteiger partial charge in [0.15, 0.2) is 5.78 Å². The van der Waals surface area contributed by atoms with E-state index in [4.69, 9.17) is 4.74 Å². The molecule has 112 valence electrons. The molecule has 0 saturated carbocycles. The molecule has 1 aromatic rings. The molecule has 1 heterocycles. The number of ketones is 1. The Morgan fingerprint density at radius 2 is 2.05 bits per heavy atom. The summed E-state index contributed by atoms with van der Waals surface area (Å²) in [6, 6.07) is 7.37. The topological polar surface area (TPSA) is 38.7 Å². The van der Waals surface area contributed by atoms with E-state index in [9.17, 15) is 4.79 Å². The third-order valence-electron chi connectivity index (χ3n) is 3.92. The van der Waals surface area contributed by atoms with E-state index in [0.717, 1.165) is 19.3 Å². The van der Waals surface area contributed by atoms with Crippen molar-refractivity contribution in [2.75, 3.05) is 7.11 Å². The lowest BCUT2D eigenvalue weighted by Gasteiger charge is -2.23. The summed E-state index contributed by atoms with van der Waals surface area (Å²) in [7, 11) is 1.59. The number of para-hydroxylation sites is 1. The van der Waals surface area contributed by atoms with Crippen LogP contribution in [0.5, 0.6) is 5.75 Å². The number of ether oxygens (including phenoxy) is 1. The van der Waals surface area contributed by atoms with E-state index in [1.807, 2.05) is 36.4 Å². The Morgan fingerprint density at radius 1 is 1.24 bits per heavy atom. The van der Waals surface area contributed by atoms with Gasteiger partial charge in [-0.1, -0.05) is 44.7 Å². The highest BCUT2D eigenvalue weighted by atomic mass is 16.5. The monoisotopic (exact) mass is 285 g/mol. The van der Waals surface area contributed by atoms with Crippen molar-refractivity contribution in [2.24, 2.45) is 4.99 Å². The highest BCUT2D eigenvalue weighted by Crippen LogP contribution is 2.32. The molecule has 1 atom stereocenters.